The Morgan fingerprint density at radius 2 is 1.64 bits per heavy atom. The molecule has 55 heavy (non-hydrogen) atoms. The quantitative estimate of drug-likeness (QED) is 0.123. The fourth-order valence-corrected chi connectivity index (χ4v) is 10.3. The maximum atomic E-state index is 13.9. The topological polar surface area (TPSA) is 43.9 Å². The van der Waals surface area contributed by atoms with Crippen LogP contribution in [-0.4, -0.2) is 27.8 Å². The van der Waals surface area contributed by atoms with Gasteiger partial charge in [-0.3, -0.25) is 4.98 Å². The Labute approximate surface area is 343 Å². The Kier molecular flexibility index (Phi) is 9.55. The van der Waals surface area contributed by atoms with Gasteiger partial charge in [0.05, 0.1) is 22.4 Å². The van der Waals surface area contributed by atoms with Crippen molar-refractivity contribution in [2.75, 3.05) is 0 Å². The number of aryl methyl sites for hydroxylation is 1. The van der Waals surface area contributed by atoms with Crippen molar-refractivity contribution in [3.63, 3.8) is 0 Å². The molecule has 0 bridgehead atoms. The molecule has 0 fully saturated rings. The number of pyridine rings is 1. The van der Waals surface area contributed by atoms with E-state index in [1.165, 1.54) is 28.2 Å². The van der Waals surface area contributed by atoms with Gasteiger partial charge in [0.1, 0.15) is 11.4 Å². The van der Waals surface area contributed by atoms with Gasteiger partial charge < -0.3 is 8.98 Å². The molecule has 7 heteroatoms. The number of hydrogen-bond acceptors (Lipinski definition) is 3. The molecule has 1 radical (unpaired) electrons. The third-order valence-electron chi connectivity index (χ3n) is 9.76. The number of aromatic nitrogens is 3. The van der Waals surface area contributed by atoms with Crippen molar-refractivity contribution in [2.45, 2.75) is 50.4 Å². The first-order valence-corrected chi connectivity index (χ1v) is 25.4. The van der Waals surface area contributed by atoms with Crippen LogP contribution in [0.4, 0.5) is 4.39 Å². The summed E-state index contributed by atoms with van der Waals surface area (Å²) in [6, 6.07) is 44.7. The van der Waals surface area contributed by atoms with Gasteiger partial charge in [-0.05, 0) is 40.6 Å². The first-order chi connectivity index (χ1) is 27.5. The predicted molar refractivity (Wildman–Crippen MR) is 225 cm³/mol. The Hall–Kier alpha value is -4.88. The largest absolute Gasteiger partial charge is 0 e. The summed E-state index contributed by atoms with van der Waals surface area (Å²) in [6.07, 6.45) is 1.91. The van der Waals surface area contributed by atoms with E-state index in [0.717, 1.165) is 60.8 Å². The van der Waals surface area contributed by atoms with Crippen molar-refractivity contribution in [3.05, 3.63) is 162 Å². The van der Waals surface area contributed by atoms with Crippen LogP contribution in [0.15, 0.2) is 132 Å². The van der Waals surface area contributed by atoms with E-state index in [4.69, 9.17) is 14.9 Å². The summed E-state index contributed by atoms with van der Waals surface area (Å²) in [5.41, 5.74) is 7.86. The van der Waals surface area contributed by atoms with E-state index >= 15 is 0 Å². The molecule has 0 amide bonds. The van der Waals surface area contributed by atoms with E-state index in [2.05, 4.69) is 81.4 Å². The van der Waals surface area contributed by atoms with E-state index in [1.54, 1.807) is 18.2 Å². The van der Waals surface area contributed by atoms with Gasteiger partial charge in [-0.2, -0.15) is 0 Å². The van der Waals surface area contributed by atoms with Crippen LogP contribution in [0.2, 0.25) is 17.3 Å². The fourth-order valence-electron chi connectivity index (χ4n) is 7.01. The molecular weight excluding hydrogens is 918 g/mol. The minimum absolute atomic E-state index is 0. The number of fused-ring (bicyclic) bond motifs is 5. The molecule has 3 heterocycles. The van der Waals surface area contributed by atoms with Crippen LogP contribution in [0.5, 0.6) is 0 Å². The summed E-state index contributed by atoms with van der Waals surface area (Å²) in [5, 5.41) is 4.11. The van der Waals surface area contributed by atoms with Gasteiger partial charge in [0.25, 0.3) is 0 Å². The zero-order chi connectivity index (χ0) is 41.0. The molecule has 0 saturated carbocycles. The van der Waals surface area contributed by atoms with Gasteiger partial charge in [-0.15, -0.1) is 18.2 Å². The van der Waals surface area contributed by atoms with Gasteiger partial charge in [0.15, 0.2) is 0 Å². The van der Waals surface area contributed by atoms with Gasteiger partial charge in [-0.1, -0.05) is 65.5 Å². The summed E-state index contributed by atoms with van der Waals surface area (Å²) < 4.78 is 54.3. The SMILES string of the molecule is Fc1ccc2c(c1)oc1c(-c3nc4cc5ccccc5cc4n3Cc3ccccc3)[c-]ccc12.[2H]C([2H])([2H])c1c[c-]c(-c2cc(C([2H])(C)C)[c]([Ge]([CH3])([CH3])[CH3])cn2)cc1.[Ir]. The third-order valence-corrected chi connectivity index (χ3v) is 14.0. The van der Waals surface area contributed by atoms with Crippen molar-refractivity contribution >= 4 is 61.4 Å². The first-order valence-electron chi connectivity index (χ1n) is 20.0. The molecule has 277 valence electrons. The smallest absolute Gasteiger partial charge is 0 e. The predicted octanol–water partition coefficient (Wildman–Crippen LogP) is 12.3. The molecule has 6 aromatic carbocycles. The van der Waals surface area contributed by atoms with Gasteiger partial charge in [0, 0.05) is 38.1 Å². The molecule has 3 aromatic heterocycles. The summed E-state index contributed by atoms with van der Waals surface area (Å²) in [6.45, 7) is 2.32. The summed E-state index contributed by atoms with van der Waals surface area (Å²) in [7, 11) is 0. The van der Waals surface area contributed by atoms with Crippen molar-refractivity contribution in [1.29, 1.82) is 0 Å². The number of hydrogen-bond donors (Lipinski definition) is 0. The summed E-state index contributed by atoms with van der Waals surface area (Å²) in [5.74, 6) is 6.64. The molecule has 0 aliphatic heterocycles. The molecule has 0 aliphatic carbocycles. The molecule has 9 aromatic rings. The minimum atomic E-state index is -2.14. The Morgan fingerprint density at radius 3 is 2.35 bits per heavy atom. The third kappa shape index (κ3) is 7.82. The van der Waals surface area contributed by atoms with Crippen LogP contribution < -0.4 is 4.40 Å². The van der Waals surface area contributed by atoms with E-state index in [1.807, 2.05) is 62.5 Å². The Balaban J connectivity index is 0.000000188. The van der Waals surface area contributed by atoms with E-state index in [-0.39, 0.29) is 31.5 Å². The maximum absolute atomic E-state index is 13.9. The van der Waals surface area contributed by atoms with Crippen LogP contribution in [0, 0.1) is 24.8 Å². The van der Waals surface area contributed by atoms with Crippen LogP contribution >= 0.6 is 0 Å². The molecule has 0 spiro atoms. The number of furan rings is 1. The second-order valence-corrected chi connectivity index (χ2v) is 25.5. The standard InChI is InChI=1S/C30H18FN2O.C18H24GeN.Ir/c31-22-13-14-23-24-11-6-12-25(29(24)34-28(23)17-22)30-32-26-15-20-9-4-5-10-21(20)16-27(26)33(30)18-19-7-2-1-3-8-19;1-13(2)16-11-18(15-9-7-14(3)8-10-15)20-12-17(16)19(4,5)6;/h1-11,13-17H,18H2;7-9,11-13H,1-6H3;/q2*-1;/i;3D3,13D;. The average molecular weight is 965 g/mol. The minimum Gasteiger partial charge on any atom is 0 e. The number of benzene rings is 6. The van der Waals surface area contributed by atoms with Crippen molar-refractivity contribution in [1.82, 2.24) is 14.5 Å². The van der Waals surface area contributed by atoms with Crippen LogP contribution in [0.1, 0.15) is 41.9 Å². The second-order valence-electron chi connectivity index (χ2n) is 14.9. The molecule has 9 rings (SSSR count). The maximum Gasteiger partial charge on any atom is 0 e. The fraction of sp³-hybridized carbons (Fsp3) is 0.167. The molecular formula is C48H42FGeIrN3O-2. The normalized spacial score (nSPS) is 13.1. The van der Waals surface area contributed by atoms with Gasteiger partial charge in [0.2, 0.25) is 0 Å². The zero-order valence-electron chi connectivity index (χ0n) is 35.3. The second kappa shape index (κ2) is 15.7. The molecule has 0 N–H and O–H groups in total. The van der Waals surface area contributed by atoms with E-state index in [9.17, 15) is 4.39 Å². The molecule has 0 unspecified atom stereocenters. The van der Waals surface area contributed by atoms with Crippen molar-refractivity contribution in [3.8, 4) is 22.6 Å². The van der Waals surface area contributed by atoms with Gasteiger partial charge >= 0.3 is 131 Å². The Bertz CT molecular complexity index is 2950. The number of rotatable bonds is 6. The van der Waals surface area contributed by atoms with Crippen LogP contribution in [0.25, 0.3) is 66.4 Å². The molecule has 0 saturated heterocycles. The molecule has 4 nitrogen and oxygen atoms in total. The number of halogens is 1. The molecule has 0 aliphatic rings. The molecule has 0 atom stereocenters. The van der Waals surface area contributed by atoms with Gasteiger partial charge in [-0.25, -0.2) is 4.39 Å². The van der Waals surface area contributed by atoms with Crippen LogP contribution in [0.3, 0.4) is 0 Å². The van der Waals surface area contributed by atoms with E-state index in [0.29, 0.717) is 17.7 Å². The number of imidazole rings is 1. The van der Waals surface area contributed by atoms with Crippen molar-refractivity contribution in [2.24, 2.45) is 0 Å². The summed E-state index contributed by atoms with van der Waals surface area (Å²) in [4.78, 5) is 9.64. The van der Waals surface area contributed by atoms with E-state index < -0.39 is 26.0 Å². The monoisotopic (exact) mass is 966 g/mol. The van der Waals surface area contributed by atoms with Crippen molar-refractivity contribution < 1.29 is 34.4 Å². The number of nitrogens with zero attached hydrogens (tertiary/aromatic N) is 3. The average Bonchev–Trinajstić information content (AvgIpc) is 3.73. The Morgan fingerprint density at radius 1 is 0.873 bits per heavy atom. The zero-order valence-corrected chi connectivity index (χ0v) is 35.8. The van der Waals surface area contributed by atoms with Crippen LogP contribution in [-0.2, 0) is 26.7 Å². The summed E-state index contributed by atoms with van der Waals surface area (Å²) >= 11 is -2.14. The first kappa shape index (κ1) is 33.5.